The predicted molar refractivity (Wildman–Crippen MR) is 73.2 cm³/mol. The first-order valence-corrected chi connectivity index (χ1v) is 6.26. The maximum absolute atomic E-state index is 12.3. The summed E-state index contributed by atoms with van der Waals surface area (Å²) in [5.74, 6) is 0.0544. The fourth-order valence-corrected chi connectivity index (χ4v) is 2.35. The summed E-state index contributed by atoms with van der Waals surface area (Å²) in [5, 5.41) is 10.1. The molecule has 2 heterocycles. The summed E-state index contributed by atoms with van der Waals surface area (Å²) in [4.78, 5) is 14.2. The van der Waals surface area contributed by atoms with Gasteiger partial charge in [0.2, 0.25) is 0 Å². The maximum atomic E-state index is 12.3. The smallest absolute Gasteiger partial charge is 0.274 e. The molecule has 5 nitrogen and oxygen atoms in total. The Hall–Kier alpha value is -1.07. The standard InChI is InChI=1S/C12H20N4O.ClH/c1-3-9-7-11(15-14-9)12(17)16-6-4-5-10(16)8-13-2;/h7,10,13H,3-6,8H2,1-2H3,(H,14,15);1H. The SMILES string of the molecule is CCc1cc(C(=O)N2CCCC2CNC)n[nH]1.Cl. The number of carbonyl (C=O) groups excluding carboxylic acids is 1. The van der Waals surface area contributed by atoms with E-state index in [9.17, 15) is 4.79 Å². The van der Waals surface area contributed by atoms with E-state index in [1.54, 1.807) is 0 Å². The van der Waals surface area contributed by atoms with E-state index < -0.39 is 0 Å². The number of nitrogens with zero attached hydrogens (tertiary/aromatic N) is 2. The molecule has 6 heteroatoms. The van der Waals surface area contributed by atoms with Crippen LogP contribution in [0.3, 0.4) is 0 Å². The van der Waals surface area contributed by atoms with Crippen LogP contribution in [0, 0.1) is 0 Å². The lowest BCUT2D eigenvalue weighted by Crippen LogP contribution is -2.41. The zero-order valence-corrected chi connectivity index (χ0v) is 11.7. The highest BCUT2D eigenvalue weighted by molar-refractivity contribution is 5.92. The van der Waals surface area contributed by atoms with Crippen LogP contribution in [0.4, 0.5) is 0 Å². The van der Waals surface area contributed by atoms with Gasteiger partial charge in [0.1, 0.15) is 5.69 Å². The Bertz CT molecular complexity index is 393. The third-order valence-corrected chi connectivity index (χ3v) is 3.31. The molecule has 1 saturated heterocycles. The van der Waals surface area contributed by atoms with E-state index in [0.29, 0.717) is 11.7 Å². The lowest BCUT2D eigenvalue weighted by molar-refractivity contribution is 0.0731. The van der Waals surface area contributed by atoms with E-state index in [0.717, 1.165) is 38.0 Å². The molecular formula is C12H21ClN4O. The predicted octanol–water partition coefficient (Wildman–Crippen LogP) is 1.22. The summed E-state index contributed by atoms with van der Waals surface area (Å²) in [6.07, 6.45) is 3.04. The number of H-pyrrole nitrogens is 1. The molecule has 0 bridgehead atoms. The molecule has 1 aromatic rings. The summed E-state index contributed by atoms with van der Waals surface area (Å²) in [6.45, 7) is 3.75. The number of aromatic amines is 1. The average molecular weight is 273 g/mol. The summed E-state index contributed by atoms with van der Waals surface area (Å²) in [6, 6.07) is 2.17. The molecule has 0 aromatic carbocycles. The number of carbonyl (C=O) groups is 1. The summed E-state index contributed by atoms with van der Waals surface area (Å²) < 4.78 is 0. The quantitative estimate of drug-likeness (QED) is 0.866. The van der Waals surface area contributed by atoms with Gasteiger partial charge in [0.15, 0.2) is 0 Å². The molecule has 0 spiro atoms. The van der Waals surface area contributed by atoms with Crippen LogP contribution in [-0.4, -0.2) is 47.2 Å². The molecule has 1 aliphatic rings. The number of aromatic nitrogens is 2. The van der Waals surface area contributed by atoms with Crippen LogP contribution in [0.2, 0.25) is 0 Å². The summed E-state index contributed by atoms with van der Waals surface area (Å²) in [5.41, 5.74) is 1.56. The second kappa shape index (κ2) is 6.75. The minimum absolute atomic E-state index is 0. The van der Waals surface area contributed by atoms with Crippen LogP contribution in [0.15, 0.2) is 6.07 Å². The van der Waals surface area contributed by atoms with Crippen LogP contribution < -0.4 is 5.32 Å². The summed E-state index contributed by atoms with van der Waals surface area (Å²) >= 11 is 0. The molecule has 0 aliphatic carbocycles. The highest BCUT2D eigenvalue weighted by Gasteiger charge is 2.29. The Morgan fingerprint density at radius 1 is 1.67 bits per heavy atom. The molecule has 2 rings (SSSR count). The normalized spacial score (nSPS) is 18.8. The van der Waals surface area contributed by atoms with Gasteiger partial charge in [-0.15, -0.1) is 12.4 Å². The van der Waals surface area contributed by atoms with Gasteiger partial charge in [-0.2, -0.15) is 5.10 Å². The van der Waals surface area contributed by atoms with Crippen molar-refractivity contribution < 1.29 is 4.79 Å². The van der Waals surface area contributed by atoms with E-state index in [2.05, 4.69) is 15.5 Å². The van der Waals surface area contributed by atoms with E-state index >= 15 is 0 Å². The molecule has 1 fully saturated rings. The monoisotopic (exact) mass is 272 g/mol. The zero-order chi connectivity index (χ0) is 12.3. The lowest BCUT2D eigenvalue weighted by Gasteiger charge is -2.23. The van der Waals surface area contributed by atoms with Crippen molar-refractivity contribution in [1.82, 2.24) is 20.4 Å². The van der Waals surface area contributed by atoms with Crippen LogP contribution in [0.25, 0.3) is 0 Å². The Labute approximate surface area is 114 Å². The number of likely N-dealkylation sites (tertiary alicyclic amines) is 1. The third-order valence-electron chi connectivity index (χ3n) is 3.31. The van der Waals surface area contributed by atoms with Crippen molar-refractivity contribution in [1.29, 1.82) is 0 Å². The third kappa shape index (κ3) is 3.03. The number of hydrogen-bond donors (Lipinski definition) is 2. The van der Waals surface area contributed by atoms with Crippen molar-refractivity contribution >= 4 is 18.3 Å². The number of halogens is 1. The number of likely N-dealkylation sites (N-methyl/N-ethyl adjacent to an activating group) is 1. The number of hydrogen-bond acceptors (Lipinski definition) is 3. The fraction of sp³-hybridized carbons (Fsp3) is 0.667. The number of amides is 1. The molecule has 2 N–H and O–H groups in total. The Kier molecular flexibility index (Phi) is 5.62. The van der Waals surface area contributed by atoms with E-state index in [4.69, 9.17) is 0 Å². The number of rotatable bonds is 4. The molecule has 18 heavy (non-hydrogen) atoms. The van der Waals surface area contributed by atoms with E-state index in [1.807, 2.05) is 24.9 Å². The van der Waals surface area contributed by atoms with Gasteiger partial charge < -0.3 is 10.2 Å². The molecule has 0 saturated carbocycles. The van der Waals surface area contributed by atoms with Gasteiger partial charge in [0.25, 0.3) is 5.91 Å². The first-order chi connectivity index (χ1) is 8.26. The molecule has 0 radical (unpaired) electrons. The molecule has 1 unspecified atom stereocenters. The van der Waals surface area contributed by atoms with Gasteiger partial charge in [0.05, 0.1) is 0 Å². The van der Waals surface area contributed by atoms with Crippen LogP contribution in [0.1, 0.15) is 35.9 Å². The van der Waals surface area contributed by atoms with Crippen LogP contribution in [-0.2, 0) is 6.42 Å². The zero-order valence-electron chi connectivity index (χ0n) is 10.9. The first-order valence-electron chi connectivity index (χ1n) is 6.26. The average Bonchev–Trinajstić information content (AvgIpc) is 2.97. The molecular weight excluding hydrogens is 252 g/mol. The van der Waals surface area contributed by atoms with E-state index in [-0.39, 0.29) is 18.3 Å². The number of nitrogens with one attached hydrogen (secondary N) is 2. The van der Waals surface area contributed by atoms with Crippen molar-refractivity contribution in [3.8, 4) is 0 Å². The van der Waals surface area contributed by atoms with Crippen molar-refractivity contribution in [2.24, 2.45) is 0 Å². The Morgan fingerprint density at radius 3 is 3.06 bits per heavy atom. The largest absolute Gasteiger partial charge is 0.333 e. The molecule has 1 aromatic heterocycles. The maximum Gasteiger partial charge on any atom is 0.274 e. The van der Waals surface area contributed by atoms with Gasteiger partial charge in [-0.3, -0.25) is 9.89 Å². The topological polar surface area (TPSA) is 61.0 Å². The molecule has 1 atom stereocenters. The van der Waals surface area contributed by atoms with Gasteiger partial charge in [-0.1, -0.05) is 6.92 Å². The summed E-state index contributed by atoms with van der Waals surface area (Å²) in [7, 11) is 1.92. The minimum atomic E-state index is 0. The highest BCUT2D eigenvalue weighted by atomic mass is 35.5. The van der Waals surface area contributed by atoms with Crippen LogP contribution >= 0.6 is 12.4 Å². The molecule has 1 aliphatic heterocycles. The van der Waals surface area contributed by atoms with Crippen molar-refractivity contribution in [2.75, 3.05) is 20.1 Å². The van der Waals surface area contributed by atoms with E-state index in [1.165, 1.54) is 0 Å². The molecule has 1 amide bonds. The van der Waals surface area contributed by atoms with Gasteiger partial charge >= 0.3 is 0 Å². The second-order valence-corrected chi connectivity index (χ2v) is 4.48. The Morgan fingerprint density at radius 2 is 2.44 bits per heavy atom. The van der Waals surface area contributed by atoms with Crippen molar-refractivity contribution in [2.45, 2.75) is 32.2 Å². The number of aryl methyl sites for hydroxylation is 1. The van der Waals surface area contributed by atoms with Gasteiger partial charge in [-0.05, 0) is 32.4 Å². The van der Waals surface area contributed by atoms with Gasteiger partial charge in [0, 0.05) is 24.8 Å². The molecule has 102 valence electrons. The van der Waals surface area contributed by atoms with Crippen molar-refractivity contribution in [3.63, 3.8) is 0 Å². The first kappa shape index (κ1) is 15.0. The highest BCUT2D eigenvalue weighted by Crippen LogP contribution is 2.19. The van der Waals surface area contributed by atoms with Crippen LogP contribution in [0.5, 0.6) is 0 Å². The lowest BCUT2D eigenvalue weighted by atomic mass is 10.2. The van der Waals surface area contributed by atoms with Gasteiger partial charge in [-0.25, -0.2) is 0 Å². The van der Waals surface area contributed by atoms with Crippen molar-refractivity contribution in [3.05, 3.63) is 17.5 Å². The minimum Gasteiger partial charge on any atom is -0.333 e. The Balaban J connectivity index is 0.00000162. The second-order valence-electron chi connectivity index (χ2n) is 4.48. The fourth-order valence-electron chi connectivity index (χ4n) is 2.35.